The molecule has 1 saturated heterocycles. The molecule has 0 bridgehead atoms. The predicted molar refractivity (Wildman–Crippen MR) is 76.6 cm³/mol. The maximum absolute atomic E-state index is 13.2. The highest BCUT2D eigenvalue weighted by Crippen LogP contribution is 2.19. The van der Waals surface area contributed by atoms with Crippen molar-refractivity contribution in [2.24, 2.45) is 5.92 Å². The van der Waals surface area contributed by atoms with Crippen LogP contribution >= 0.6 is 15.9 Å². The van der Waals surface area contributed by atoms with Gasteiger partial charge in [-0.05, 0) is 72.9 Å². The number of carbonyl (C=O) groups excluding carboxylic acids is 1. The fourth-order valence-corrected chi connectivity index (χ4v) is 2.81. The summed E-state index contributed by atoms with van der Waals surface area (Å²) in [7, 11) is 0. The van der Waals surface area contributed by atoms with Crippen molar-refractivity contribution in [2.75, 3.05) is 13.1 Å². The number of rotatable bonds is 3. The van der Waals surface area contributed by atoms with Gasteiger partial charge in [-0.15, -0.1) is 0 Å². The van der Waals surface area contributed by atoms with Gasteiger partial charge in [-0.1, -0.05) is 0 Å². The smallest absolute Gasteiger partial charge is 0.252 e. The second kappa shape index (κ2) is 6.48. The quantitative estimate of drug-likeness (QED) is 0.895. The van der Waals surface area contributed by atoms with Crippen molar-refractivity contribution in [3.63, 3.8) is 0 Å². The lowest BCUT2D eigenvalue weighted by atomic mass is 9.92. The van der Waals surface area contributed by atoms with Crippen molar-refractivity contribution < 1.29 is 9.18 Å². The van der Waals surface area contributed by atoms with E-state index in [0.717, 1.165) is 25.9 Å². The zero-order chi connectivity index (χ0) is 13.8. The predicted octanol–water partition coefficient (Wildman–Crippen LogP) is 2.71. The van der Waals surface area contributed by atoms with E-state index in [1.165, 1.54) is 12.1 Å². The standard InChI is InChI=1S/C14H18BrFN2O/c1-9(10-3-2-6-17-8-10)18-14(19)12-7-11(16)4-5-13(12)15/h4-5,7,9-10,17H,2-3,6,8H2,1H3,(H,18,19). The molecule has 1 aliphatic heterocycles. The van der Waals surface area contributed by atoms with Crippen LogP contribution in [-0.4, -0.2) is 25.0 Å². The second-order valence-corrected chi connectivity index (χ2v) is 5.85. The summed E-state index contributed by atoms with van der Waals surface area (Å²) in [6.45, 7) is 3.97. The molecule has 0 spiro atoms. The van der Waals surface area contributed by atoms with Gasteiger partial charge in [0.1, 0.15) is 5.82 Å². The molecule has 0 aromatic heterocycles. The van der Waals surface area contributed by atoms with Crippen LogP contribution < -0.4 is 10.6 Å². The minimum absolute atomic E-state index is 0.0791. The molecule has 2 atom stereocenters. The molecule has 0 aliphatic carbocycles. The molecule has 1 aliphatic rings. The highest BCUT2D eigenvalue weighted by molar-refractivity contribution is 9.10. The number of hydrogen-bond acceptors (Lipinski definition) is 2. The number of hydrogen-bond donors (Lipinski definition) is 2. The van der Waals surface area contributed by atoms with Gasteiger partial charge in [0.2, 0.25) is 0 Å². The van der Waals surface area contributed by atoms with Crippen molar-refractivity contribution >= 4 is 21.8 Å². The maximum atomic E-state index is 13.2. The van der Waals surface area contributed by atoms with Crippen molar-refractivity contribution in [3.05, 3.63) is 34.1 Å². The van der Waals surface area contributed by atoms with E-state index < -0.39 is 5.82 Å². The Morgan fingerprint density at radius 3 is 3.05 bits per heavy atom. The fraction of sp³-hybridized carbons (Fsp3) is 0.500. The van der Waals surface area contributed by atoms with Crippen LogP contribution in [0, 0.1) is 11.7 Å². The number of halogens is 2. The summed E-state index contributed by atoms with van der Waals surface area (Å²) in [5, 5.41) is 6.29. The zero-order valence-electron chi connectivity index (χ0n) is 10.9. The average Bonchev–Trinajstić information content (AvgIpc) is 2.42. The molecule has 104 valence electrons. The van der Waals surface area contributed by atoms with Crippen molar-refractivity contribution in [2.45, 2.75) is 25.8 Å². The SMILES string of the molecule is CC(NC(=O)c1cc(F)ccc1Br)C1CCCNC1. The second-order valence-electron chi connectivity index (χ2n) is 4.99. The molecule has 1 aromatic rings. The molecule has 1 amide bonds. The van der Waals surface area contributed by atoms with E-state index in [2.05, 4.69) is 26.6 Å². The molecule has 2 rings (SSSR count). The molecule has 1 heterocycles. The number of amides is 1. The van der Waals surface area contributed by atoms with E-state index in [-0.39, 0.29) is 11.9 Å². The van der Waals surface area contributed by atoms with Crippen LogP contribution in [0.1, 0.15) is 30.1 Å². The van der Waals surface area contributed by atoms with Crippen LogP contribution in [0.2, 0.25) is 0 Å². The lowest BCUT2D eigenvalue weighted by molar-refractivity contribution is 0.0920. The van der Waals surface area contributed by atoms with Crippen molar-refractivity contribution in [3.8, 4) is 0 Å². The first-order valence-corrected chi connectivity index (χ1v) is 7.34. The highest BCUT2D eigenvalue weighted by Gasteiger charge is 2.22. The lowest BCUT2D eigenvalue weighted by Crippen LogP contribution is -2.44. The van der Waals surface area contributed by atoms with E-state index >= 15 is 0 Å². The highest BCUT2D eigenvalue weighted by atomic mass is 79.9. The van der Waals surface area contributed by atoms with Gasteiger partial charge in [-0.2, -0.15) is 0 Å². The first-order valence-electron chi connectivity index (χ1n) is 6.54. The Hall–Kier alpha value is -0.940. The minimum atomic E-state index is -0.402. The van der Waals surface area contributed by atoms with Gasteiger partial charge >= 0.3 is 0 Å². The van der Waals surface area contributed by atoms with Gasteiger partial charge in [-0.25, -0.2) is 4.39 Å². The van der Waals surface area contributed by atoms with Crippen molar-refractivity contribution in [1.29, 1.82) is 0 Å². The summed E-state index contributed by atoms with van der Waals surface area (Å²) in [6.07, 6.45) is 2.24. The Morgan fingerprint density at radius 2 is 2.37 bits per heavy atom. The number of piperidine rings is 1. The molecular formula is C14H18BrFN2O. The van der Waals surface area contributed by atoms with Crippen molar-refractivity contribution in [1.82, 2.24) is 10.6 Å². The molecule has 2 unspecified atom stereocenters. The Bertz CT molecular complexity index is 461. The summed E-state index contributed by atoms with van der Waals surface area (Å²) in [5.41, 5.74) is 0.343. The summed E-state index contributed by atoms with van der Waals surface area (Å²) >= 11 is 3.28. The fourth-order valence-electron chi connectivity index (χ4n) is 2.38. The Balaban J connectivity index is 2.01. The number of nitrogens with one attached hydrogen (secondary N) is 2. The van der Waals surface area contributed by atoms with Crippen LogP contribution in [0.3, 0.4) is 0 Å². The molecule has 5 heteroatoms. The minimum Gasteiger partial charge on any atom is -0.349 e. The van der Waals surface area contributed by atoms with Gasteiger partial charge in [0.15, 0.2) is 0 Å². The van der Waals surface area contributed by atoms with Gasteiger partial charge in [-0.3, -0.25) is 4.79 Å². The zero-order valence-corrected chi connectivity index (χ0v) is 12.5. The molecule has 0 radical (unpaired) electrons. The van der Waals surface area contributed by atoms with Gasteiger partial charge in [0.05, 0.1) is 5.56 Å². The largest absolute Gasteiger partial charge is 0.349 e. The molecule has 1 fully saturated rings. The monoisotopic (exact) mass is 328 g/mol. The molecule has 2 N–H and O–H groups in total. The van der Waals surface area contributed by atoms with Gasteiger partial charge in [0.25, 0.3) is 5.91 Å². The van der Waals surface area contributed by atoms with Gasteiger partial charge in [0, 0.05) is 10.5 Å². The van der Waals surface area contributed by atoms with Crippen LogP contribution in [0.4, 0.5) is 4.39 Å². The van der Waals surface area contributed by atoms with Crippen LogP contribution in [0.5, 0.6) is 0 Å². The van der Waals surface area contributed by atoms with E-state index in [0.29, 0.717) is 16.0 Å². The summed E-state index contributed by atoms with van der Waals surface area (Å²) < 4.78 is 13.8. The molecular weight excluding hydrogens is 311 g/mol. The normalized spacial score (nSPS) is 20.9. The summed E-state index contributed by atoms with van der Waals surface area (Å²) in [6, 6.07) is 4.22. The average molecular weight is 329 g/mol. The maximum Gasteiger partial charge on any atom is 0.252 e. The molecule has 19 heavy (non-hydrogen) atoms. The topological polar surface area (TPSA) is 41.1 Å². The molecule has 0 saturated carbocycles. The lowest BCUT2D eigenvalue weighted by Gasteiger charge is -2.29. The van der Waals surface area contributed by atoms with E-state index in [1.807, 2.05) is 6.92 Å². The third-order valence-corrected chi connectivity index (χ3v) is 4.27. The van der Waals surface area contributed by atoms with E-state index in [9.17, 15) is 9.18 Å². The first-order chi connectivity index (χ1) is 9.08. The van der Waals surface area contributed by atoms with E-state index in [4.69, 9.17) is 0 Å². The Labute approximate surface area is 121 Å². The molecule has 3 nitrogen and oxygen atoms in total. The third kappa shape index (κ3) is 3.76. The Morgan fingerprint density at radius 1 is 1.58 bits per heavy atom. The first kappa shape index (κ1) is 14.5. The number of carbonyl (C=O) groups is 1. The van der Waals surface area contributed by atoms with Crippen LogP contribution in [0.15, 0.2) is 22.7 Å². The third-order valence-electron chi connectivity index (χ3n) is 3.57. The summed E-state index contributed by atoms with van der Waals surface area (Å²) in [4.78, 5) is 12.1. The number of benzene rings is 1. The summed E-state index contributed by atoms with van der Waals surface area (Å²) in [5.74, 6) is -0.199. The van der Waals surface area contributed by atoms with Crippen LogP contribution in [0.25, 0.3) is 0 Å². The van der Waals surface area contributed by atoms with E-state index in [1.54, 1.807) is 6.07 Å². The van der Waals surface area contributed by atoms with Gasteiger partial charge < -0.3 is 10.6 Å². The molecule has 1 aromatic carbocycles. The Kier molecular flexibility index (Phi) is 4.93. The van der Waals surface area contributed by atoms with Crippen LogP contribution in [-0.2, 0) is 0 Å².